The van der Waals surface area contributed by atoms with Crippen molar-refractivity contribution in [2.45, 2.75) is 26.7 Å². The third-order valence-corrected chi connectivity index (χ3v) is 3.35. The van der Waals surface area contributed by atoms with E-state index >= 15 is 0 Å². The van der Waals surface area contributed by atoms with Crippen molar-refractivity contribution in [3.63, 3.8) is 0 Å². The number of halogens is 1. The van der Waals surface area contributed by atoms with Gasteiger partial charge in [-0.1, -0.05) is 36.7 Å². The molecule has 1 aromatic carbocycles. The number of fused-ring (bicyclic) bond motifs is 1. The molecule has 1 atom stereocenters. The van der Waals surface area contributed by atoms with Gasteiger partial charge in [0.05, 0.1) is 5.69 Å². The molecule has 0 amide bonds. The predicted molar refractivity (Wildman–Crippen MR) is 69.4 cm³/mol. The summed E-state index contributed by atoms with van der Waals surface area (Å²) in [6.07, 6.45) is 0. The number of nitrogens with zero attached hydrogens (tertiary/aromatic N) is 1. The fourth-order valence-electron chi connectivity index (χ4n) is 1.52. The molecule has 0 spiro atoms. The highest BCUT2D eigenvalue weighted by Crippen LogP contribution is 2.31. The SMILES string of the molecule is CC(C)C(C)c1nc2cc(Br)cc(N)c2o1. The molecule has 0 saturated carbocycles. The summed E-state index contributed by atoms with van der Waals surface area (Å²) >= 11 is 3.40. The topological polar surface area (TPSA) is 52.0 Å². The number of nitrogens with two attached hydrogens (primary N) is 1. The molecule has 0 fully saturated rings. The first-order chi connectivity index (χ1) is 7.49. The van der Waals surface area contributed by atoms with Crippen molar-refractivity contribution < 1.29 is 4.42 Å². The van der Waals surface area contributed by atoms with E-state index in [1.165, 1.54) is 0 Å². The van der Waals surface area contributed by atoms with E-state index in [4.69, 9.17) is 10.2 Å². The van der Waals surface area contributed by atoms with Crippen LogP contribution in [0.4, 0.5) is 5.69 Å². The Bertz CT molecular complexity index is 519. The van der Waals surface area contributed by atoms with Crippen LogP contribution < -0.4 is 5.73 Å². The molecule has 16 heavy (non-hydrogen) atoms. The lowest BCUT2D eigenvalue weighted by Gasteiger charge is -2.09. The van der Waals surface area contributed by atoms with E-state index in [-0.39, 0.29) is 0 Å². The van der Waals surface area contributed by atoms with Gasteiger partial charge in [0.2, 0.25) is 0 Å². The summed E-state index contributed by atoms with van der Waals surface area (Å²) in [4.78, 5) is 4.48. The van der Waals surface area contributed by atoms with Gasteiger partial charge in [-0.15, -0.1) is 0 Å². The fourth-order valence-corrected chi connectivity index (χ4v) is 1.98. The van der Waals surface area contributed by atoms with Crippen molar-refractivity contribution in [1.29, 1.82) is 0 Å². The Labute approximate surface area is 103 Å². The van der Waals surface area contributed by atoms with Crippen LogP contribution in [0.25, 0.3) is 11.1 Å². The average molecular weight is 283 g/mol. The number of hydrogen-bond acceptors (Lipinski definition) is 3. The number of hydrogen-bond donors (Lipinski definition) is 1. The first kappa shape index (κ1) is 11.5. The van der Waals surface area contributed by atoms with Crippen molar-refractivity contribution in [3.8, 4) is 0 Å². The second-order valence-electron chi connectivity index (χ2n) is 4.43. The Morgan fingerprint density at radius 2 is 2.00 bits per heavy atom. The van der Waals surface area contributed by atoms with Crippen LogP contribution in [0.5, 0.6) is 0 Å². The van der Waals surface area contributed by atoms with Gasteiger partial charge in [0.15, 0.2) is 11.5 Å². The molecule has 2 N–H and O–H groups in total. The standard InChI is InChI=1S/C12H15BrN2O/c1-6(2)7(3)12-15-10-5-8(13)4-9(14)11(10)16-12/h4-7H,14H2,1-3H3. The van der Waals surface area contributed by atoms with Crippen molar-refractivity contribution in [2.24, 2.45) is 5.92 Å². The van der Waals surface area contributed by atoms with E-state index < -0.39 is 0 Å². The van der Waals surface area contributed by atoms with Crippen LogP contribution in [0.15, 0.2) is 21.0 Å². The third-order valence-electron chi connectivity index (χ3n) is 2.89. The van der Waals surface area contributed by atoms with Crippen molar-refractivity contribution in [2.75, 3.05) is 5.73 Å². The minimum Gasteiger partial charge on any atom is -0.438 e. The van der Waals surface area contributed by atoms with Gasteiger partial charge in [0.25, 0.3) is 0 Å². The lowest BCUT2D eigenvalue weighted by Crippen LogP contribution is -2.01. The quantitative estimate of drug-likeness (QED) is 0.849. The molecule has 0 saturated heterocycles. The molecule has 0 radical (unpaired) electrons. The molecular formula is C12H15BrN2O. The molecule has 1 aromatic heterocycles. The van der Waals surface area contributed by atoms with Gasteiger partial charge in [0.1, 0.15) is 5.52 Å². The zero-order valence-corrected chi connectivity index (χ0v) is 11.2. The van der Waals surface area contributed by atoms with Crippen molar-refractivity contribution in [1.82, 2.24) is 4.98 Å². The van der Waals surface area contributed by atoms with Crippen LogP contribution in [0.2, 0.25) is 0 Å². The fraction of sp³-hybridized carbons (Fsp3) is 0.417. The summed E-state index contributed by atoms with van der Waals surface area (Å²) in [7, 11) is 0. The van der Waals surface area contributed by atoms with Gasteiger partial charge in [-0.2, -0.15) is 0 Å². The van der Waals surface area contributed by atoms with Crippen LogP contribution >= 0.6 is 15.9 Å². The molecular weight excluding hydrogens is 268 g/mol. The Kier molecular flexibility index (Phi) is 2.93. The molecule has 0 aliphatic rings. The number of benzene rings is 1. The summed E-state index contributed by atoms with van der Waals surface area (Å²) in [5.74, 6) is 1.55. The minimum absolute atomic E-state index is 0.297. The maximum Gasteiger partial charge on any atom is 0.198 e. The molecule has 86 valence electrons. The van der Waals surface area contributed by atoms with Gasteiger partial charge >= 0.3 is 0 Å². The largest absolute Gasteiger partial charge is 0.438 e. The summed E-state index contributed by atoms with van der Waals surface area (Å²) in [5.41, 5.74) is 8.01. The Morgan fingerprint density at radius 1 is 1.31 bits per heavy atom. The molecule has 4 heteroatoms. The van der Waals surface area contributed by atoms with Crippen LogP contribution in [-0.2, 0) is 0 Å². The molecule has 0 aliphatic carbocycles. The van der Waals surface area contributed by atoms with Crippen molar-refractivity contribution >= 4 is 32.7 Å². The summed E-state index contributed by atoms with van der Waals surface area (Å²) in [5, 5.41) is 0. The average Bonchev–Trinajstić information content (AvgIpc) is 2.60. The van der Waals surface area contributed by atoms with E-state index in [1.807, 2.05) is 12.1 Å². The lowest BCUT2D eigenvalue weighted by atomic mass is 9.98. The van der Waals surface area contributed by atoms with E-state index in [0.29, 0.717) is 23.1 Å². The summed E-state index contributed by atoms with van der Waals surface area (Å²) in [6.45, 7) is 6.41. The summed E-state index contributed by atoms with van der Waals surface area (Å²) in [6, 6.07) is 3.75. The normalized spacial score (nSPS) is 13.6. The molecule has 2 rings (SSSR count). The monoisotopic (exact) mass is 282 g/mol. The molecule has 3 nitrogen and oxygen atoms in total. The second-order valence-corrected chi connectivity index (χ2v) is 5.34. The molecule has 2 aromatic rings. The highest BCUT2D eigenvalue weighted by atomic mass is 79.9. The van der Waals surface area contributed by atoms with Crippen LogP contribution in [-0.4, -0.2) is 4.98 Å². The van der Waals surface area contributed by atoms with Crippen LogP contribution in [0.1, 0.15) is 32.6 Å². The van der Waals surface area contributed by atoms with Crippen molar-refractivity contribution in [3.05, 3.63) is 22.5 Å². The first-order valence-corrected chi connectivity index (χ1v) is 6.13. The third kappa shape index (κ3) is 1.94. The first-order valence-electron chi connectivity index (χ1n) is 5.34. The number of oxazole rings is 1. The Morgan fingerprint density at radius 3 is 2.62 bits per heavy atom. The zero-order chi connectivity index (χ0) is 11.9. The number of anilines is 1. The van der Waals surface area contributed by atoms with Gasteiger partial charge in [0, 0.05) is 10.4 Å². The van der Waals surface area contributed by atoms with Gasteiger partial charge in [-0.05, 0) is 18.1 Å². The Hall–Kier alpha value is -1.03. The van der Waals surface area contributed by atoms with Gasteiger partial charge < -0.3 is 10.2 Å². The molecule has 0 bridgehead atoms. The minimum atomic E-state index is 0.297. The number of nitrogen functional groups attached to an aromatic ring is 1. The number of rotatable bonds is 2. The smallest absolute Gasteiger partial charge is 0.198 e. The van der Waals surface area contributed by atoms with E-state index in [2.05, 4.69) is 41.7 Å². The lowest BCUT2D eigenvalue weighted by molar-refractivity contribution is 0.416. The summed E-state index contributed by atoms with van der Waals surface area (Å²) < 4.78 is 6.65. The highest BCUT2D eigenvalue weighted by Gasteiger charge is 2.18. The van der Waals surface area contributed by atoms with Gasteiger partial charge in [-0.3, -0.25) is 0 Å². The Balaban J connectivity index is 2.56. The van der Waals surface area contributed by atoms with Gasteiger partial charge in [-0.25, -0.2) is 4.98 Å². The van der Waals surface area contributed by atoms with E-state index in [0.717, 1.165) is 15.9 Å². The van der Waals surface area contributed by atoms with Crippen LogP contribution in [0.3, 0.4) is 0 Å². The van der Waals surface area contributed by atoms with E-state index in [9.17, 15) is 0 Å². The van der Waals surface area contributed by atoms with E-state index in [1.54, 1.807) is 0 Å². The second kappa shape index (κ2) is 4.09. The maximum atomic E-state index is 5.88. The highest BCUT2D eigenvalue weighted by molar-refractivity contribution is 9.10. The zero-order valence-electron chi connectivity index (χ0n) is 9.62. The molecule has 0 aliphatic heterocycles. The van der Waals surface area contributed by atoms with Crippen LogP contribution in [0, 0.1) is 5.92 Å². The molecule has 1 unspecified atom stereocenters. The number of aromatic nitrogens is 1. The molecule has 1 heterocycles. The predicted octanol–water partition coefficient (Wildman–Crippen LogP) is 3.93. The maximum absolute atomic E-state index is 5.88.